The number of alkyl halides is 3. The topological polar surface area (TPSA) is 43.1 Å². The van der Waals surface area contributed by atoms with E-state index >= 15 is 0 Å². The molecule has 0 unspecified atom stereocenters. The Kier molecular flexibility index (Phi) is 7.38. The van der Waals surface area contributed by atoms with E-state index in [0.717, 1.165) is 19.3 Å². The van der Waals surface area contributed by atoms with E-state index in [1.165, 1.54) is 0 Å². The molecule has 90 valence electrons. The van der Waals surface area contributed by atoms with Crippen molar-refractivity contribution in [1.82, 2.24) is 0 Å². The Morgan fingerprint density at radius 1 is 1.00 bits per heavy atom. The summed E-state index contributed by atoms with van der Waals surface area (Å²) in [5.41, 5.74) is 5.26. The first-order valence-electron chi connectivity index (χ1n) is 5.24. The summed E-state index contributed by atoms with van der Waals surface area (Å²) in [7, 11) is 0. The van der Waals surface area contributed by atoms with Crippen molar-refractivity contribution in [3.8, 4) is 0 Å². The second kappa shape index (κ2) is 7.68. The molecule has 0 bridgehead atoms. The van der Waals surface area contributed by atoms with Gasteiger partial charge in [-0.05, 0) is 25.8 Å². The molecule has 0 radical (unpaired) electrons. The van der Waals surface area contributed by atoms with Crippen LogP contribution in [-0.2, 0) is 4.79 Å². The van der Waals surface area contributed by atoms with Gasteiger partial charge < -0.3 is 5.73 Å². The summed E-state index contributed by atoms with van der Waals surface area (Å²) >= 11 is 0. The maximum Gasteiger partial charge on any atom is 0.389 e. The highest BCUT2D eigenvalue weighted by atomic mass is 19.4. The van der Waals surface area contributed by atoms with E-state index in [1.807, 2.05) is 0 Å². The van der Waals surface area contributed by atoms with Gasteiger partial charge in [0, 0.05) is 19.3 Å². The van der Waals surface area contributed by atoms with Crippen molar-refractivity contribution >= 4 is 5.78 Å². The Hall–Kier alpha value is -0.580. The molecule has 0 rings (SSSR count). The fourth-order valence-corrected chi connectivity index (χ4v) is 1.25. The zero-order chi connectivity index (χ0) is 11.7. The summed E-state index contributed by atoms with van der Waals surface area (Å²) in [5, 5.41) is 0. The second-order valence-electron chi connectivity index (χ2n) is 3.61. The summed E-state index contributed by atoms with van der Waals surface area (Å²) in [6.45, 7) is 0.599. The summed E-state index contributed by atoms with van der Waals surface area (Å²) in [5.74, 6) is -0.0729. The van der Waals surface area contributed by atoms with Crippen molar-refractivity contribution in [2.75, 3.05) is 6.54 Å². The maximum absolute atomic E-state index is 11.7. The summed E-state index contributed by atoms with van der Waals surface area (Å²) in [4.78, 5) is 11.1. The van der Waals surface area contributed by atoms with Crippen LogP contribution in [0, 0.1) is 0 Å². The van der Waals surface area contributed by atoms with E-state index in [0.29, 0.717) is 13.0 Å². The lowest BCUT2D eigenvalue weighted by atomic mass is 10.1. The Bertz CT molecular complexity index is 180. The smallest absolute Gasteiger partial charge is 0.330 e. The molecule has 0 saturated carbocycles. The number of unbranched alkanes of at least 4 members (excludes halogenated alkanes) is 2. The number of rotatable bonds is 8. The Morgan fingerprint density at radius 2 is 1.60 bits per heavy atom. The van der Waals surface area contributed by atoms with Gasteiger partial charge in [0.2, 0.25) is 0 Å². The SMILES string of the molecule is NCCCCCC(=O)CCCC(F)(F)F. The highest BCUT2D eigenvalue weighted by Gasteiger charge is 2.26. The van der Waals surface area contributed by atoms with E-state index in [9.17, 15) is 18.0 Å². The molecular formula is C10H18F3NO. The van der Waals surface area contributed by atoms with Crippen LogP contribution in [0.4, 0.5) is 13.2 Å². The first-order chi connectivity index (χ1) is 6.95. The molecule has 5 heteroatoms. The third-order valence-corrected chi connectivity index (χ3v) is 2.08. The van der Waals surface area contributed by atoms with Crippen LogP contribution in [-0.4, -0.2) is 18.5 Å². The Morgan fingerprint density at radius 3 is 2.13 bits per heavy atom. The third-order valence-electron chi connectivity index (χ3n) is 2.08. The van der Waals surface area contributed by atoms with E-state index in [4.69, 9.17) is 5.73 Å². The predicted octanol–water partition coefficient (Wildman–Crippen LogP) is 2.81. The van der Waals surface area contributed by atoms with Crippen molar-refractivity contribution in [2.24, 2.45) is 5.73 Å². The summed E-state index contributed by atoms with van der Waals surface area (Å²) in [6, 6.07) is 0. The third kappa shape index (κ3) is 11.3. The van der Waals surface area contributed by atoms with Crippen LogP contribution in [0.5, 0.6) is 0 Å². The zero-order valence-electron chi connectivity index (χ0n) is 8.78. The quantitative estimate of drug-likeness (QED) is 0.645. The van der Waals surface area contributed by atoms with Gasteiger partial charge in [-0.25, -0.2) is 0 Å². The van der Waals surface area contributed by atoms with Gasteiger partial charge in [-0.3, -0.25) is 4.79 Å². The van der Waals surface area contributed by atoms with E-state index in [2.05, 4.69) is 0 Å². The lowest BCUT2D eigenvalue weighted by Gasteiger charge is -2.05. The molecule has 0 aromatic carbocycles. The largest absolute Gasteiger partial charge is 0.389 e. The van der Waals surface area contributed by atoms with Crippen LogP contribution in [0.25, 0.3) is 0 Å². The van der Waals surface area contributed by atoms with Gasteiger partial charge in [-0.15, -0.1) is 0 Å². The molecule has 0 spiro atoms. The van der Waals surface area contributed by atoms with E-state index in [1.54, 1.807) is 0 Å². The maximum atomic E-state index is 11.7. The highest BCUT2D eigenvalue weighted by molar-refractivity contribution is 5.78. The van der Waals surface area contributed by atoms with Gasteiger partial charge in [0.05, 0.1) is 0 Å². The lowest BCUT2D eigenvalue weighted by molar-refractivity contribution is -0.137. The molecule has 0 aliphatic rings. The minimum absolute atomic E-state index is 0.0438. The van der Waals surface area contributed by atoms with Gasteiger partial charge in [0.25, 0.3) is 0 Å². The number of carbonyl (C=O) groups excluding carboxylic acids is 1. The minimum Gasteiger partial charge on any atom is -0.330 e. The van der Waals surface area contributed by atoms with Crippen LogP contribution in [0.15, 0.2) is 0 Å². The molecule has 0 aliphatic carbocycles. The average Bonchev–Trinajstić information content (AvgIpc) is 2.10. The first kappa shape index (κ1) is 14.4. The number of hydrogen-bond acceptors (Lipinski definition) is 2. The standard InChI is InChI=1S/C10H18F3NO/c11-10(12,13)7-4-6-9(15)5-2-1-3-8-14/h1-8,14H2. The molecular weight excluding hydrogens is 207 g/mol. The molecule has 0 aromatic heterocycles. The van der Waals surface area contributed by atoms with Crippen LogP contribution in [0.2, 0.25) is 0 Å². The van der Waals surface area contributed by atoms with Gasteiger partial charge in [0.15, 0.2) is 0 Å². The van der Waals surface area contributed by atoms with Crippen molar-refractivity contribution in [2.45, 2.75) is 51.1 Å². The fraction of sp³-hybridized carbons (Fsp3) is 0.900. The average molecular weight is 225 g/mol. The molecule has 0 heterocycles. The number of hydrogen-bond donors (Lipinski definition) is 1. The van der Waals surface area contributed by atoms with Gasteiger partial charge in [-0.2, -0.15) is 13.2 Å². The molecule has 0 atom stereocenters. The molecule has 15 heavy (non-hydrogen) atoms. The van der Waals surface area contributed by atoms with Crippen LogP contribution < -0.4 is 5.73 Å². The monoisotopic (exact) mass is 225 g/mol. The Balaban J connectivity index is 3.34. The first-order valence-corrected chi connectivity index (χ1v) is 5.24. The molecule has 0 fully saturated rings. The summed E-state index contributed by atoms with van der Waals surface area (Å²) in [6.07, 6.45) is -2.17. The minimum atomic E-state index is -4.14. The van der Waals surface area contributed by atoms with Gasteiger partial charge in [-0.1, -0.05) is 6.42 Å². The van der Waals surface area contributed by atoms with Gasteiger partial charge >= 0.3 is 6.18 Å². The number of nitrogens with two attached hydrogens (primary N) is 1. The van der Waals surface area contributed by atoms with E-state index in [-0.39, 0.29) is 18.6 Å². The number of ketones is 1. The molecule has 0 saturated heterocycles. The Labute approximate surface area is 88.0 Å². The lowest BCUT2D eigenvalue weighted by Crippen LogP contribution is -2.08. The predicted molar refractivity (Wildman–Crippen MR) is 52.4 cm³/mol. The molecule has 0 amide bonds. The number of carbonyl (C=O) groups is 1. The van der Waals surface area contributed by atoms with Crippen molar-refractivity contribution in [1.29, 1.82) is 0 Å². The molecule has 2 N–H and O–H groups in total. The molecule has 2 nitrogen and oxygen atoms in total. The van der Waals surface area contributed by atoms with Crippen molar-refractivity contribution in [3.05, 3.63) is 0 Å². The van der Waals surface area contributed by atoms with Crippen LogP contribution in [0.3, 0.4) is 0 Å². The van der Waals surface area contributed by atoms with Crippen LogP contribution in [0.1, 0.15) is 44.9 Å². The van der Waals surface area contributed by atoms with Crippen molar-refractivity contribution < 1.29 is 18.0 Å². The molecule has 0 aliphatic heterocycles. The van der Waals surface area contributed by atoms with E-state index < -0.39 is 12.6 Å². The fourth-order valence-electron chi connectivity index (χ4n) is 1.25. The molecule has 0 aromatic rings. The number of Topliss-reactive ketones (excluding diaryl/α,β-unsaturated/α-hetero) is 1. The highest BCUT2D eigenvalue weighted by Crippen LogP contribution is 2.22. The van der Waals surface area contributed by atoms with Gasteiger partial charge in [0.1, 0.15) is 5.78 Å². The van der Waals surface area contributed by atoms with Crippen molar-refractivity contribution in [3.63, 3.8) is 0 Å². The van der Waals surface area contributed by atoms with Crippen LogP contribution >= 0.6 is 0 Å². The normalized spacial score (nSPS) is 11.7. The summed E-state index contributed by atoms with van der Waals surface area (Å²) < 4.78 is 35.2. The number of halogens is 3. The second-order valence-corrected chi connectivity index (χ2v) is 3.61. The zero-order valence-corrected chi connectivity index (χ0v) is 8.78.